The summed E-state index contributed by atoms with van der Waals surface area (Å²) in [5.74, 6) is 0.237. The van der Waals surface area contributed by atoms with Crippen LogP contribution in [0.2, 0.25) is 0 Å². The Balaban J connectivity index is 0.859. The lowest BCUT2D eigenvalue weighted by Gasteiger charge is -2.67. The first kappa shape index (κ1) is 43.8. The number of hydrogen-bond acceptors (Lipinski definition) is 9. The van der Waals surface area contributed by atoms with E-state index in [0.717, 1.165) is 36.8 Å². The van der Waals surface area contributed by atoms with Gasteiger partial charge in [0.05, 0.1) is 36.4 Å². The second-order valence-corrected chi connectivity index (χ2v) is 23.5. The molecule has 0 radical (unpaired) electrons. The molecule has 2 aromatic carbocycles. The fraction of sp³-hybridized carbons (Fsp3) is 0.712. The van der Waals surface area contributed by atoms with Crippen molar-refractivity contribution in [3.8, 4) is 23.0 Å². The summed E-state index contributed by atoms with van der Waals surface area (Å²) in [6.07, 6.45) is 7.85. The maximum atomic E-state index is 14.2. The van der Waals surface area contributed by atoms with Crippen molar-refractivity contribution in [2.75, 3.05) is 6.54 Å². The number of nitrogens with zero attached hydrogens (tertiary/aromatic N) is 2. The van der Waals surface area contributed by atoms with Gasteiger partial charge in [0.25, 0.3) is 11.8 Å². The topological polar surface area (TPSA) is 177 Å². The lowest BCUT2D eigenvalue weighted by Crippen LogP contribution is -2.70. The number of ether oxygens (including phenoxy) is 2. The van der Waals surface area contributed by atoms with Gasteiger partial charge in [0.15, 0.2) is 0 Å². The molecule has 8 aliphatic rings. The molecule has 64 heavy (non-hydrogen) atoms. The van der Waals surface area contributed by atoms with Crippen LogP contribution in [-0.4, -0.2) is 89.1 Å². The summed E-state index contributed by atoms with van der Waals surface area (Å²) >= 11 is 0. The summed E-state index contributed by atoms with van der Waals surface area (Å²) in [5.41, 5.74) is 1.03. The molecule has 12 heteroatoms. The van der Waals surface area contributed by atoms with Crippen LogP contribution in [0.1, 0.15) is 169 Å². The highest BCUT2D eigenvalue weighted by Crippen LogP contribution is 2.69. The van der Waals surface area contributed by atoms with Gasteiger partial charge in [0.2, 0.25) is 0 Å². The first-order valence-electron chi connectivity index (χ1n) is 24.4. The second kappa shape index (κ2) is 14.2. The number of carboxylic acids is 1. The van der Waals surface area contributed by atoms with Gasteiger partial charge in [-0.15, -0.1) is 0 Å². The quantitative estimate of drug-likeness (QED) is 0.171. The Kier molecular flexibility index (Phi) is 9.75. The molecule has 1 unspecified atom stereocenters. The van der Waals surface area contributed by atoms with E-state index in [0.29, 0.717) is 104 Å². The van der Waals surface area contributed by atoms with Crippen molar-refractivity contribution in [2.45, 2.75) is 181 Å². The van der Waals surface area contributed by atoms with Gasteiger partial charge in [-0.2, -0.15) is 0 Å². The van der Waals surface area contributed by atoms with Gasteiger partial charge < -0.3 is 44.8 Å². The number of aliphatic hydroxyl groups excluding tert-OH is 2. The highest BCUT2D eigenvalue weighted by Gasteiger charge is 2.69. The van der Waals surface area contributed by atoms with Crippen LogP contribution >= 0.6 is 0 Å². The number of aromatic hydroxyl groups is 2. The summed E-state index contributed by atoms with van der Waals surface area (Å²) in [5, 5.41) is 56.1. The number of aliphatic hydroxyl groups is 2. The minimum Gasteiger partial charge on any atom is -0.508 e. The molecule has 5 N–H and O–H groups in total. The van der Waals surface area contributed by atoms with Crippen molar-refractivity contribution in [2.24, 2.45) is 45.3 Å². The highest BCUT2D eigenvalue weighted by atomic mass is 16.5. The zero-order valence-electron chi connectivity index (χ0n) is 39.2. The van der Waals surface area contributed by atoms with Crippen molar-refractivity contribution in [1.29, 1.82) is 0 Å². The number of benzene rings is 2. The van der Waals surface area contributed by atoms with Crippen molar-refractivity contribution in [1.82, 2.24) is 9.80 Å². The van der Waals surface area contributed by atoms with Gasteiger partial charge >= 0.3 is 5.97 Å². The predicted octanol–water partition coefficient (Wildman–Crippen LogP) is 8.15. The summed E-state index contributed by atoms with van der Waals surface area (Å²) in [7, 11) is 0. The summed E-state index contributed by atoms with van der Waals surface area (Å²) in [6.45, 7) is 18.4. The molecule has 4 saturated carbocycles. The van der Waals surface area contributed by atoms with Crippen LogP contribution < -0.4 is 9.47 Å². The predicted molar refractivity (Wildman–Crippen MR) is 238 cm³/mol. The molecule has 4 heterocycles. The summed E-state index contributed by atoms with van der Waals surface area (Å²) < 4.78 is 14.6. The number of carbonyl (C=O) groups excluding carboxylic acids is 2. The average molecular weight is 883 g/mol. The van der Waals surface area contributed by atoms with Crippen LogP contribution in [0, 0.1) is 45.3 Å². The first-order chi connectivity index (χ1) is 30.0. The number of phenolic OH excluding ortho intramolecular Hbond substituents is 2. The Labute approximate surface area is 377 Å². The molecule has 2 aromatic rings. The monoisotopic (exact) mass is 883 g/mol. The third-order valence-corrected chi connectivity index (χ3v) is 20.2. The Morgan fingerprint density at radius 1 is 0.688 bits per heavy atom. The number of aliphatic carboxylic acids is 1. The van der Waals surface area contributed by atoms with Gasteiger partial charge in [-0.1, -0.05) is 55.4 Å². The maximum Gasteiger partial charge on any atom is 0.326 e. The summed E-state index contributed by atoms with van der Waals surface area (Å²) in [4.78, 5) is 44.4. The van der Waals surface area contributed by atoms with Crippen molar-refractivity contribution < 1.29 is 49.4 Å². The molecule has 10 rings (SSSR count). The van der Waals surface area contributed by atoms with E-state index in [1.165, 1.54) is 11.0 Å². The fourth-order valence-electron chi connectivity index (χ4n) is 15.6. The number of hydrogen-bond donors (Lipinski definition) is 5. The molecule has 0 bridgehead atoms. The lowest BCUT2D eigenvalue weighted by molar-refractivity contribution is -0.233. The molecule has 2 amide bonds. The number of unbranched alkanes of at least 4 members (excludes halogenated alkanes) is 1. The number of carbonyl (C=O) groups is 3. The number of rotatable bonds is 7. The third kappa shape index (κ3) is 5.62. The molecular formula is C52H70N2O10. The first-order valence-corrected chi connectivity index (χ1v) is 24.4. The van der Waals surface area contributed by atoms with E-state index in [-0.39, 0.29) is 64.0 Å². The molecule has 0 aromatic heterocycles. The zero-order chi connectivity index (χ0) is 45.8. The van der Waals surface area contributed by atoms with Crippen LogP contribution in [-0.2, 0) is 30.7 Å². The van der Waals surface area contributed by atoms with E-state index >= 15 is 0 Å². The smallest absolute Gasteiger partial charge is 0.326 e. The number of carboxylic acid groups (broad SMARTS) is 1. The standard InChI is InChI=1S/C52H70N2O10/c1-27-12-14-38-47(3,4)40(57)16-18-51(38)49(27,7)23-31-36(55)21-29-33(42(31)63-51)25-53(44(29)59)20-10-9-11-35(46(61)62)54-26-34-30(45(54)60)22-37(56)32-24-50(8)28(2)13-15-39-48(5,6)41(58)17-19-52(39,50)64-43(32)34/h21-22,27-28,35,38-41,55-58H,9-20,23-26H2,1-8H3,(H,61,62)/t27-,28-,35?,38-,39-,40-,41-,49+,50+,51-,52-/m0/s1. The second-order valence-electron chi connectivity index (χ2n) is 23.5. The van der Waals surface area contributed by atoms with Gasteiger partial charge in [0.1, 0.15) is 40.2 Å². The van der Waals surface area contributed by atoms with Gasteiger partial charge in [-0.3, -0.25) is 9.59 Å². The fourth-order valence-corrected chi connectivity index (χ4v) is 15.6. The normalized spacial score (nSPS) is 38.0. The maximum absolute atomic E-state index is 14.2. The van der Waals surface area contributed by atoms with Crippen molar-refractivity contribution >= 4 is 17.8 Å². The van der Waals surface area contributed by atoms with Crippen LogP contribution in [0.25, 0.3) is 0 Å². The van der Waals surface area contributed by atoms with E-state index in [4.69, 9.17) is 9.47 Å². The van der Waals surface area contributed by atoms with Crippen LogP contribution in [0.4, 0.5) is 0 Å². The molecule has 4 aliphatic heterocycles. The van der Waals surface area contributed by atoms with Crippen LogP contribution in [0.15, 0.2) is 12.1 Å². The van der Waals surface area contributed by atoms with Crippen molar-refractivity contribution in [3.05, 3.63) is 45.5 Å². The molecule has 2 spiro atoms. The number of fused-ring (bicyclic) bond motifs is 6. The van der Waals surface area contributed by atoms with Crippen LogP contribution in [0.5, 0.6) is 23.0 Å². The number of amides is 2. The van der Waals surface area contributed by atoms with E-state index < -0.39 is 46.7 Å². The Morgan fingerprint density at radius 2 is 1.16 bits per heavy atom. The molecule has 348 valence electrons. The van der Waals surface area contributed by atoms with E-state index in [2.05, 4.69) is 55.4 Å². The molecule has 4 aliphatic carbocycles. The van der Waals surface area contributed by atoms with Gasteiger partial charge in [-0.25, -0.2) is 4.79 Å². The Bertz CT molecular complexity index is 2340. The lowest BCUT2D eigenvalue weighted by atomic mass is 9.43. The molecular weight excluding hydrogens is 813 g/mol. The van der Waals surface area contributed by atoms with E-state index in [1.807, 2.05) is 0 Å². The molecule has 0 saturated heterocycles. The minimum atomic E-state index is -1.13. The largest absolute Gasteiger partial charge is 0.508 e. The minimum absolute atomic E-state index is 0.00393. The average Bonchev–Trinajstić information content (AvgIpc) is 3.72. The molecule has 4 fully saturated rings. The Morgan fingerprint density at radius 3 is 1.64 bits per heavy atom. The number of phenols is 2. The van der Waals surface area contributed by atoms with Gasteiger partial charge in [0, 0.05) is 51.5 Å². The van der Waals surface area contributed by atoms with Gasteiger partial charge in [-0.05, 0) is 118 Å². The molecule has 12 nitrogen and oxygen atoms in total. The molecule has 11 atom stereocenters. The zero-order valence-corrected chi connectivity index (χ0v) is 39.2. The SMILES string of the molecule is C[C@H]1CC[C@H]2C(C)(C)[C@@H](O)CC[C@]23Oc2c(c(O)cc4c2CN(CCCCC(C(=O)O)N2Cc5c(cc(O)c6c5O[C@@]57CC[C@H](O)C(C)(C)[C@@H]5CC[C@H](C)[C@@]7(C)C6)C2=O)C4=O)C[C@]13C. The van der Waals surface area contributed by atoms with Crippen LogP contribution in [0.3, 0.4) is 0 Å². The van der Waals surface area contributed by atoms with E-state index in [9.17, 15) is 39.9 Å². The highest BCUT2D eigenvalue weighted by molar-refractivity contribution is 6.02. The van der Waals surface area contributed by atoms with Crippen molar-refractivity contribution in [3.63, 3.8) is 0 Å². The summed E-state index contributed by atoms with van der Waals surface area (Å²) in [6, 6.07) is 1.98. The van der Waals surface area contributed by atoms with E-state index in [1.54, 1.807) is 11.0 Å². The Hall–Kier alpha value is -4.03. The third-order valence-electron chi connectivity index (χ3n) is 20.2.